The first-order valence-electron chi connectivity index (χ1n) is 6.64. The number of hydrogen-bond acceptors (Lipinski definition) is 3. The highest BCUT2D eigenvalue weighted by atomic mass is 19.1. The summed E-state index contributed by atoms with van der Waals surface area (Å²) in [6.45, 7) is 7.11. The number of aliphatic hydroxyl groups is 1. The molecule has 0 aliphatic rings. The summed E-state index contributed by atoms with van der Waals surface area (Å²) in [5, 5.41) is 14.4. The monoisotopic (exact) mass is 296 g/mol. The van der Waals surface area contributed by atoms with Gasteiger partial charge in [0.1, 0.15) is 5.82 Å². The van der Waals surface area contributed by atoms with E-state index < -0.39 is 29.2 Å². The molecule has 0 heterocycles. The number of rotatable bonds is 3. The zero-order chi connectivity index (χ0) is 16.2. The number of nitrogens with one attached hydrogen (secondary N) is 2. The number of aliphatic hydroxyl groups excluding tert-OH is 1. The minimum absolute atomic E-state index is 0.0298. The van der Waals surface area contributed by atoms with E-state index in [4.69, 9.17) is 0 Å². The Hall–Kier alpha value is -1.95. The fraction of sp³-hybridized carbons (Fsp3) is 0.467. The third-order valence-electron chi connectivity index (χ3n) is 2.96. The van der Waals surface area contributed by atoms with Crippen molar-refractivity contribution in [3.05, 3.63) is 29.6 Å². The van der Waals surface area contributed by atoms with E-state index in [-0.39, 0.29) is 12.2 Å². The van der Waals surface area contributed by atoms with Gasteiger partial charge in [-0.25, -0.2) is 4.39 Å². The Morgan fingerprint density at radius 2 is 1.86 bits per heavy atom. The van der Waals surface area contributed by atoms with Crippen LogP contribution in [0, 0.1) is 18.2 Å². The van der Waals surface area contributed by atoms with Crippen LogP contribution in [0.15, 0.2) is 18.2 Å². The van der Waals surface area contributed by atoms with Gasteiger partial charge in [0.2, 0.25) is 0 Å². The van der Waals surface area contributed by atoms with Crippen LogP contribution < -0.4 is 10.6 Å². The van der Waals surface area contributed by atoms with Gasteiger partial charge in [-0.15, -0.1) is 0 Å². The highest BCUT2D eigenvalue weighted by Crippen LogP contribution is 2.18. The number of benzene rings is 1. The molecule has 5 nitrogen and oxygen atoms in total. The molecule has 0 bridgehead atoms. The summed E-state index contributed by atoms with van der Waals surface area (Å²) >= 11 is 0. The summed E-state index contributed by atoms with van der Waals surface area (Å²) in [6, 6.07) is 4.00. The molecule has 0 saturated heterocycles. The van der Waals surface area contributed by atoms with E-state index in [2.05, 4.69) is 10.6 Å². The van der Waals surface area contributed by atoms with E-state index in [1.54, 1.807) is 13.0 Å². The molecule has 6 heteroatoms. The largest absolute Gasteiger partial charge is 0.391 e. The van der Waals surface area contributed by atoms with Crippen molar-refractivity contribution in [1.82, 2.24) is 5.32 Å². The average Bonchev–Trinajstić information content (AvgIpc) is 2.32. The summed E-state index contributed by atoms with van der Waals surface area (Å²) in [4.78, 5) is 23.3. The molecular formula is C15H21FN2O3. The predicted molar refractivity (Wildman–Crippen MR) is 78.2 cm³/mol. The normalized spacial score (nSPS) is 12.7. The van der Waals surface area contributed by atoms with Gasteiger partial charge < -0.3 is 15.7 Å². The standard InChI is InChI=1S/C15H21FN2O3/c1-9-5-10(16)7-11(6-9)18-14(21)13(20)17-8-12(19)15(2,3)4/h5-7,12,19H,8H2,1-4H3,(H,17,20)(H,18,21). The minimum Gasteiger partial charge on any atom is -0.391 e. The Morgan fingerprint density at radius 1 is 1.24 bits per heavy atom. The molecule has 116 valence electrons. The highest BCUT2D eigenvalue weighted by molar-refractivity contribution is 6.39. The van der Waals surface area contributed by atoms with Gasteiger partial charge in [-0.05, 0) is 36.1 Å². The van der Waals surface area contributed by atoms with E-state index in [1.807, 2.05) is 20.8 Å². The first-order chi connectivity index (χ1) is 9.59. The van der Waals surface area contributed by atoms with Crippen LogP contribution in [0.4, 0.5) is 10.1 Å². The van der Waals surface area contributed by atoms with Gasteiger partial charge in [0.05, 0.1) is 6.10 Å². The number of aryl methyl sites for hydroxylation is 1. The lowest BCUT2D eigenvalue weighted by Gasteiger charge is -2.25. The van der Waals surface area contributed by atoms with Gasteiger partial charge in [0, 0.05) is 12.2 Å². The van der Waals surface area contributed by atoms with Crippen molar-refractivity contribution in [1.29, 1.82) is 0 Å². The highest BCUT2D eigenvalue weighted by Gasteiger charge is 2.23. The second-order valence-corrected chi connectivity index (χ2v) is 6.06. The molecule has 1 rings (SSSR count). The molecule has 1 aromatic rings. The summed E-state index contributed by atoms with van der Waals surface area (Å²) < 4.78 is 13.2. The topological polar surface area (TPSA) is 78.4 Å². The Morgan fingerprint density at radius 3 is 2.38 bits per heavy atom. The lowest BCUT2D eigenvalue weighted by molar-refractivity contribution is -0.136. The van der Waals surface area contributed by atoms with Crippen molar-refractivity contribution in [2.75, 3.05) is 11.9 Å². The molecule has 0 aliphatic heterocycles. The summed E-state index contributed by atoms with van der Waals surface area (Å²) in [6.07, 6.45) is -0.773. The molecule has 1 atom stereocenters. The number of anilines is 1. The van der Waals surface area contributed by atoms with Gasteiger partial charge in [-0.3, -0.25) is 9.59 Å². The number of amides is 2. The average molecular weight is 296 g/mol. The number of carbonyl (C=O) groups is 2. The summed E-state index contributed by atoms with van der Waals surface area (Å²) in [5.41, 5.74) is 0.446. The maximum atomic E-state index is 13.2. The third kappa shape index (κ3) is 5.51. The molecule has 1 aromatic carbocycles. The van der Waals surface area contributed by atoms with Crippen molar-refractivity contribution < 1.29 is 19.1 Å². The lowest BCUT2D eigenvalue weighted by Crippen LogP contribution is -2.43. The first-order valence-corrected chi connectivity index (χ1v) is 6.64. The quantitative estimate of drug-likeness (QED) is 0.741. The minimum atomic E-state index is -0.902. The molecule has 1 unspecified atom stereocenters. The third-order valence-corrected chi connectivity index (χ3v) is 2.96. The second-order valence-electron chi connectivity index (χ2n) is 6.06. The number of halogens is 1. The van der Waals surface area contributed by atoms with Crippen molar-refractivity contribution >= 4 is 17.5 Å². The summed E-state index contributed by atoms with van der Waals surface area (Å²) in [5.74, 6) is -2.27. The molecular weight excluding hydrogens is 275 g/mol. The van der Waals surface area contributed by atoms with E-state index in [1.165, 1.54) is 6.07 Å². The van der Waals surface area contributed by atoms with Crippen LogP contribution in [0.25, 0.3) is 0 Å². The SMILES string of the molecule is Cc1cc(F)cc(NC(=O)C(=O)NCC(O)C(C)(C)C)c1. The van der Waals surface area contributed by atoms with Crippen LogP contribution in [-0.2, 0) is 9.59 Å². The van der Waals surface area contributed by atoms with E-state index in [0.29, 0.717) is 5.56 Å². The van der Waals surface area contributed by atoms with Crippen LogP contribution in [-0.4, -0.2) is 29.6 Å². The van der Waals surface area contributed by atoms with Gasteiger partial charge in [-0.1, -0.05) is 20.8 Å². The van der Waals surface area contributed by atoms with Crippen molar-refractivity contribution in [2.45, 2.75) is 33.8 Å². The van der Waals surface area contributed by atoms with Crippen LogP contribution in [0.3, 0.4) is 0 Å². The molecule has 2 amide bonds. The zero-order valence-corrected chi connectivity index (χ0v) is 12.7. The number of hydrogen-bond donors (Lipinski definition) is 3. The predicted octanol–water partition coefficient (Wildman–Crippen LogP) is 1.60. The molecule has 0 fully saturated rings. The van der Waals surface area contributed by atoms with Gasteiger partial charge in [-0.2, -0.15) is 0 Å². The Labute approximate surface area is 123 Å². The van der Waals surface area contributed by atoms with Crippen LogP contribution in [0.2, 0.25) is 0 Å². The van der Waals surface area contributed by atoms with E-state index in [0.717, 1.165) is 6.07 Å². The van der Waals surface area contributed by atoms with Crippen molar-refractivity contribution in [3.8, 4) is 0 Å². The molecule has 0 radical (unpaired) electrons. The smallest absolute Gasteiger partial charge is 0.313 e. The molecule has 0 aliphatic carbocycles. The second kappa shape index (κ2) is 6.67. The molecule has 0 aromatic heterocycles. The van der Waals surface area contributed by atoms with Crippen molar-refractivity contribution in [2.24, 2.45) is 5.41 Å². The van der Waals surface area contributed by atoms with Gasteiger partial charge in [0.15, 0.2) is 0 Å². The Bertz CT molecular complexity index is 518. The van der Waals surface area contributed by atoms with E-state index >= 15 is 0 Å². The van der Waals surface area contributed by atoms with Crippen LogP contribution >= 0.6 is 0 Å². The molecule has 3 N–H and O–H groups in total. The lowest BCUT2D eigenvalue weighted by atomic mass is 9.89. The fourth-order valence-electron chi connectivity index (χ4n) is 1.57. The zero-order valence-electron chi connectivity index (χ0n) is 12.7. The fourth-order valence-corrected chi connectivity index (χ4v) is 1.57. The van der Waals surface area contributed by atoms with Crippen LogP contribution in [0.1, 0.15) is 26.3 Å². The Kier molecular flexibility index (Phi) is 5.43. The first kappa shape index (κ1) is 17.1. The number of carbonyl (C=O) groups excluding carboxylic acids is 2. The van der Waals surface area contributed by atoms with Crippen molar-refractivity contribution in [3.63, 3.8) is 0 Å². The van der Waals surface area contributed by atoms with Gasteiger partial charge >= 0.3 is 11.8 Å². The maximum Gasteiger partial charge on any atom is 0.313 e. The Balaban J connectivity index is 2.57. The molecule has 0 saturated carbocycles. The summed E-state index contributed by atoms with van der Waals surface area (Å²) in [7, 11) is 0. The van der Waals surface area contributed by atoms with E-state index in [9.17, 15) is 19.1 Å². The van der Waals surface area contributed by atoms with Gasteiger partial charge in [0.25, 0.3) is 0 Å². The molecule has 0 spiro atoms. The maximum absolute atomic E-state index is 13.2. The van der Waals surface area contributed by atoms with Crippen LogP contribution in [0.5, 0.6) is 0 Å². The molecule has 21 heavy (non-hydrogen) atoms.